The van der Waals surface area contributed by atoms with E-state index < -0.39 is 11.9 Å². The van der Waals surface area contributed by atoms with E-state index in [1.54, 1.807) is 0 Å². The summed E-state index contributed by atoms with van der Waals surface area (Å²) in [5, 5.41) is 15.8. The van der Waals surface area contributed by atoms with Gasteiger partial charge in [-0.2, -0.15) is 12.6 Å². The third kappa shape index (κ3) is 39.8. The van der Waals surface area contributed by atoms with Crippen LogP contribution in [0, 0.1) is 0 Å². The predicted molar refractivity (Wildman–Crippen MR) is 105 cm³/mol. The van der Waals surface area contributed by atoms with Crippen LogP contribution in [0.3, 0.4) is 0 Å². The van der Waals surface area contributed by atoms with E-state index in [9.17, 15) is 9.59 Å². The number of carboxylic acid groups (broad SMARTS) is 2. The molecule has 0 aromatic heterocycles. The molecule has 0 fully saturated rings. The van der Waals surface area contributed by atoms with Crippen molar-refractivity contribution in [2.45, 2.75) is 84.0 Å². The topological polar surface area (TPSA) is 74.6 Å². The van der Waals surface area contributed by atoms with E-state index in [2.05, 4.69) is 19.6 Å². The molecule has 0 radical (unpaired) electrons. The minimum atomic E-state index is -1.08. The Hall–Kier alpha value is 1.29. The molecule has 23 heavy (non-hydrogen) atoms. The molecule has 0 aromatic carbocycles. The van der Waals surface area contributed by atoms with Gasteiger partial charge in [-0.25, -0.2) is 0 Å². The van der Waals surface area contributed by atoms with Crippen LogP contribution in [0.1, 0.15) is 84.0 Å². The summed E-state index contributed by atoms with van der Waals surface area (Å²) >= 11 is 4.20. The van der Waals surface area contributed by atoms with Gasteiger partial charge in [0.15, 0.2) is 0 Å². The van der Waals surface area contributed by atoms with Gasteiger partial charge in [-0.1, -0.05) is 64.7 Å². The Balaban J connectivity index is -0.000000158. The van der Waals surface area contributed by atoms with Crippen LogP contribution in [-0.2, 0) is 9.59 Å². The number of hydrogen-bond donors (Lipinski definition) is 3. The van der Waals surface area contributed by atoms with Crippen molar-refractivity contribution in [1.29, 1.82) is 0 Å². The maximum atomic E-state index is 9.64. The Bertz CT molecular complexity index is 230. The predicted octanol–water partition coefficient (Wildman–Crippen LogP) is 3.48. The van der Waals surface area contributed by atoms with Crippen molar-refractivity contribution >= 4 is 83.7 Å². The SMILES string of the molecule is CCCCCCCCCCCCS.O=C(O)CCC(=O)O.[NaH].[NaH]. The van der Waals surface area contributed by atoms with Gasteiger partial charge < -0.3 is 10.2 Å². The molecule has 0 atom stereocenters. The van der Waals surface area contributed by atoms with Gasteiger partial charge >= 0.3 is 71.1 Å². The van der Waals surface area contributed by atoms with Crippen LogP contribution >= 0.6 is 12.6 Å². The van der Waals surface area contributed by atoms with Crippen molar-refractivity contribution in [3.05, 3.63) is 0 Å². The Labute approximate surface area is 191 Å². The van der Waals surface area contributed by atoms with Crippen LogP contribution in [0.4, 0.5) is 0 Å². The van der Waals surface area contributed by atoms with Crippen molar-refractivity contribution in [3.8, 4) is 0 Å². The first-order valence-electron chi connectivity index (χ1n) is 8.09. The number of rotatable bonds is 13. The van der Waals surface area contributed by atoms with E-state index in [4.69, 9.17) is 10.2 Å². The van der Waals surface area contributed by atoms with Gasteiger partial charge in [0.1, 0.15) is 0 Å². The zero-order valence-electron chi connectivity index (χ0n) is 13.4. The number of unbranched alkanes of at least 4 members (excludes halogenated alkanes) is 9. The molecule has 0 bridgehead atoms. The third-order valence-electron chi connectivity index (χ3n) is 3.06. The van der Waals surface area contributed by atoms with E-state index in [1.807, 2.05) is 0 Å². The van der Waals surface area contributed by atoms with Crippen molar-refractivity contribution < 1.29 is 19.8 Å². The Morgan fingerprint density at radius 1 is 0.696 bits per heavy atom. The average Bonchev–Trinajstić information content (AvgIpc) is 2.44. The molecule has 0 aliphatic carbocycles. The maximum absolute atomic E-state index is 9.64. The molecule has 0 heterocycles. The van der Waals surface area contributed by atoms with Gasteiger partial charge in [-0.3, -0.25) is 9.59 Å². The molecule has 4 nitrogen and oxygen atoms in total. The summed E-state index contributed by atoms with van der Waals surface area (Å²) in [6, 6.07) is 0. The first kappa shape index (κ1) is 32.0. The summed E-state index contributed by atoms with van der Waals surface area (Å²) in [5.41, 5.74) is 0. The first-order valence-corrected chi connectivity index (χ1v) is 8.72. The standard InChI is InChI=1S/C12H26S.C4H6O4.2Na.2H/c1-2-3-4-5-6-7-8-9-10-11-12-13;5-3(6)1-2-4(7)8;;;;/h13H,2-12H2,1H3;1-2H2,(H,5,6)(H,7,8);;;;. The molecular formula is C16H34Na2O4S. The number of carboxylic acids is 2. The first-order chi connectivity index (χ1) is 10.0. The van der Waals surface area contributed by atoms with Gasteiger partial charge in [0.25, 0.3) is 0 Å². The molecule has 0 unspecified atom stereocenters. The van der Waals surface area contributed by atoms with Crippen LogP contribution in [0.2, 0.25) is 0 Å². The third-order valence-corrected chi connectivity index (χ3v) is 3.38. The van der Waals surface area contributed by atoms with Gasteiger partial charge in [0.2, 0.25) is 0 Å². The van der Waals surface area contributed by atoms with Crippen LogP contribution in [-0.4, -0.2) is 87.0 Å². The summed E-state index contributed by atoms with van der Waals surface area (Å²) < 4.78 is 0. The van der Waals surface area contributed by atoms with Gasteiger partial charge in [-0.05, 0) is 12.2 Å². The Kier molecular flexibility index (Phi) is 39.1. The Morgan fingerprint density at radius 2 is 1.00 bits per heavy atom. The van der Waals surface area contributed by atoms with Crippen molar-refractivity contribution in [2.75, 3.05) is 5.75 Å². The summed E-state index contributed by atoms with van der Waals surface area (Å²) in [6.45, 7) is 2.28. The molecule has 2 N–H and O–H groups in total. The average molecular weight is 368 g/mol. The fraction of sp³-hybridized carbons (Fsp3) is 0.875. The van der Waals surface area contributed by atoms with Gasteiger partial charge in [0, 0.05) is 0 Å². The second-order valence-electron chi connectivity index (χ2n) is 5.19. The van der Waals surface area contributed by atoms with E-state index >= 15 is 0 Å². The van der Waals surface area contributed by atoms with Gasteiger partial charge in [0.05, 0.1) is 12.8 Å². The van der Waals surface area contributed by atoms with Crippen LogP contribution in [0.25, 0.3) is 0 Å². The molecule has 130 valence electrons. The van der Waals surface area contributed by atoms with Gasteiger partial charge in [-0.15, -0.1) is 0 Å². The second-order valence-corrected chi connectivity index (χ2v) is 5.64. The minimum absolute atomic E-state index is 0. The Morgan fingerprint density at radius 3 is 1.26 bits per heavy atom. The summed E-state index contributed by atoms with van der Waals surface area (Å²) in [7, 11) is 0. The molecule has 0 aliphatic heterocycles. The number of thiol groups is 1. The second kappa shape index (κ2) is 28.1. The van der Waals surface area contributed by atoms with E-state index in [0.29, 0.717) is 0 Å². The zero-order chi connectivity index (χ0) is 16.3. The fourth-order valence-electron chi connectivity index (χ4n) is 1.81. The zero-order valence-corrected chi connectivity index (χ0v) is 14.2. The number of carbonyl (C=O) groups is 2. The van der Waals surface area contributed by atoms with Crippen molar-refractivity contribution in [1.82, 2.24) is 0 Å². The number of hydrogen-bond acceptors (Lipinski definition) is 3. The molecule has 0 saturated heterocycles. The van der Waals surface area contributed by atoms with E-state index in [0.717, 1.165) is 5.75 Å². The van der Waals surface area contributed by atoms with Crippen LogP contribution in [0.5, 0.6) is 0 Å². The van der Waals surface area contributed by atoms with E-state index in [1.165, 1.54) is 64.2 Å². The summed E-state index contributed by atoms with van der Waals surface area (Å²) in [4.78, 5) is 19.3. The monoisotopic (exact) mass is 368 g/mol. The van der Waals surface area contributed by atoms with Crippen molar-refractivity contribution in [2.24, 2.45) is 0 Å². The molecule has 0 saturated carbocycles. The fourth-order valence-corrected chi connectivity index (χ4v) is 2.04. The van der Waals surface area contributed by atoms with Crippen molar-refractivity contribution in [3.63, 3.8) is 0 Å². The summed E-state index contributed by atoms with van der Waals surface area (Å²) in [5.74, 6) is -1.09. The molecule has 0 spiro atoms. The van der Waals surface area contributed by atoms with Crippen LogP contribution in [0.15, 0.2) is 0 Å². The number of aliphatic carboxylic acids is 2. The normalized spacial score (nSPS) is 8.96. The van der Waals surface area contributed by atoms with Crippen LogP contribution < -0.4 is 0 Å². The summed E-state index contributed by atoms with van der Waals surface area (Å²) in [6.07, 6.45) is 13.6. The molecule has 7 heteroatoms. The molecule has 0 amide bonds. The molecule has 0 aromatic rings. The molecule has 0 rings (SSSR count). The quantitative estimate of drug-likeness (QED) is 0.264. The molecule has 0 aliphatic rings. The molecular weight excluding hydrogens is 334 g/mol. The van der Waals surface area contributed by atoms with E-state index in [-0.39, 0.29) is 72.0 Å².